The number of carbonyl (C=O) groups is 1. The van der Waals surface area contributed by atoms with Gasteiger partial charge in [-0.2, -0.15) is 0 Å². The Bertz CT molecular complexity index is 800. The van der Waals surface area contributed by atoms with Crippen LogP contribution in [-0.2, 0) is 9.84 Å². The Morgan fingerprint density at radius 1 is 1.04 bits per heavy atom. The minimum Gasteiger partial charge on any atom is -0.493 e. The lowest BCUT2D eigenvalue weighted by Crippen LogP contribution is -2.16. The Labute approximate surface area is 136 Å². The van der Waals surface area contributed by atoms with Crippen LogP contribution in [0.5, 0.6) is 5.75 Å². The summed E-state index contributed by atoms with van der Waals surface area (Å²) in [5.74, 6) is 0.0197. The van der Waals surface area contributed by atoms with Gasteiger partial charge in [-0.25, -0.2) is 8.42 Å². The number of ether oxygens (including phenoxy) is 1. The van der Waals surface area contributed by atoms with Gasteiger partial charge in [-0.3, -0.25) is 4.79 Å². The van der Waals surface area contributed by atoms with E-state index in [1.807, 2.05) is 6.92 Å². The van der Waals surface area contributed by atoms with E-state index in [4.69, 9.17) is 4.74 Å². The maximum atomic E-state index is 12.5. The molecule has 0 aromatic heterocycles. The second-order valence-electron chi connectivity index (χ2n) is 4.78. The van der Waals surface area contributed by atoms with Crippen molar-refractivity contribution in [2.45, 2.75) is 18.7 Å². The Kier molecular flexibility index (Phi) is 5.39. The van der Waals surface area contributed by atoms with E-state index in [1.54, 1.807) is 49.4 Å². The third-order valence-electron chi connectivity index (χ3n) is 3.28. The molecule has 2 aromatic carbocycles. The van der Waals surface area contributed by atoms with Gasteiger partial charge in [-0.15, -0.1) is 0 Å². The third kappa shape index (κ3) is 3.90. The molecule has 5 nitrogen and oxygen atoms in total. The molecule has 0 aliphatic carbocycles. The van der Waals surface area contributed by atoms with E-state index in [9.17, 15) is 13.2 Å². The summed E-state index contributed by atoms with van der Waals surface area (Å²) in [6.07, 6.45) is 0. The molecule has 6 heteroatoms. The average molecular weight is 333 g/mol. The SMILES string of the molecule is CCOc1ccccc1C(=O)Nc1ccccc1S(=O)(=O)CC. The normalized spacial score (nSPS) is 11.0. The highest BCUT2D eigenvalue weighted by atomic mass is 32.2. The third-order valence-corrected chi connectivity index (χ3v) is 5.07. The van der Waals surface area contributed by atoms with E-state index in [0.29, 0.717) is 17.9 Å². The predicted molar refractivity (Wildman–Crippen MR) is 89.7 cm³/mol. The molecule has 0 unspecified atom stereocenters. The van der Waals surface area contributed by atoms with Crippen molar-refractivity contribution in [1.82, 2.24) is 0 Å². The minimum absolute atomic E-state index is 0.0323. The van der Waals surface area contributed by atoms with Gasteiger partial charge in [0.25, 0.3) is 5.91 Å². The molecule has 0 aliphatic heterocycles. The van der Waals surface area contributed by atoms with Crippen molar-refractivity contribution >= 4 is 21.4 Å². The molecule has 0 bridgehead atoms. The topological polar surface area (TPSA) is 72.5 Å². The highest BCUT2D eigenvalue weighted by molar-refractivity contribution is 7.91. The second-order valence-corrected chi connectivity index (χ2v) is 7.03. The monoisotopic (exact) mass is 333 g/mol. The second kappa shape index (κ2) is 7.28. The van der Waals surface area contributed by atoms with Crippen molar-refractivity contribution in [2.75, 3.05) is 17.7 Å². The number of hydrogen-bond acceptors (Lipinski definition) is 4. The lowest BCUT2D eigenvalue weighted by atomic mass is 10.2. The van der Waals surface area contributed by atoms with E-state index < -0.39 is 15.7 Å². The van der Waals surface area contributed by atoms with Crippen LogP contribution in [0.1, 0.15) is 24.2 Å². The number of amides is 1. The van der Waals surface area contributed by atoms with Crippen molar-refractivity contribution in [1.29, 1.82) is 0 Å². The lowest BCUT2D eigenvalue weighted by molar-refractivity contribution is 0.102. The smallest absolute Gasteiger partial charge is 0.259 e. The Morgan fingerprint density at radius 3 is 2.39 bits per heavy atom. The largest absolute Gasteiger partial charge is 0.493 e. The molecule has 0 saturated carbocycles. The number of sulfone groups is 1. The first-order valence-electron chi connectivity index (χ1n) is 7.34. The van der Waals surface area contributed by atoms with Crippen LogP contribution in [-0.4, -0.2) is 26.7 Å². The van der Waals surface area contributed by atoms with Crippen LogP contribution in [0.4, 0.5) is 5.69 Å². The van der Waals surface area contributed by atoms with Crippen LogP contribution < -0.4 is 10.1 Å². The van der Waals surface area contributed by atoms with Crippen LogP contribution in [0.3, 0.4) is 0 Å². The number of benzene rings is 2. The van der Waals surface area contributed by atoms with Crippen LogP contribution in [0.2, 0.25) is 0 Å². The highest BCUT2D eigenvalue weighted by Gasteiger charge is 2.19. The number of anilines is 1. The van der Waals surface area contributed by atoms with Crippen LogP contribution in [0.15, 0.2) is 53.4 Å². The number of rotatable bonds is 6. The summed E-state index contributed by atoms with van der Waals surface area (Å²) in [7, 11) is -3.42. The first kappa shape index (κ1) is 17.0. The van der Waals surface area contributed by atoms with Crippen molar-refractivity contribution < 1.29 is 17.9 Å². The van der Waals surface area contributed by atoms with E-state index in [2.05, 4.69) is 5.32 Å². The first-order chi connectivity index (χ1) is 11.0. The first-order valence-corrected chi connectivity index (χ1v) is 8.99. The zero-order valence-electron chi connectivity index (χ0n) is 13.1. The van der Waals surface area contributed by atoms with Gasteiger partial charge in [0.1, 0.15) is 5.75 Å². The molecular formula is C17H19NO4S. The fraction of sp³-hybridized carbons (Fsp3) is 0.235. The molecule has 2 aromatic rings. The molecule has 1 N–H and O–H groups in total. The fourth-order valence-electron chi connectivity index (χ4n) is 2.12. The van der Waals surface area contributed by atoms with Crippen LogP contribution in [0, 0.1) is 0 Å². The van der Waals surface area contributed by atoms with Gasteiger partial charge in [0.15, 0.2) is 9.84 Å². The van der Waals surface area contributed by atoms with Gasteiger partial charge in [0.2, 0.25) is 0 Å². The van der Waals surface area contributed by atoms with Gasteiger partial charge in [-0.05, 0) is 31.2 Å². The summed E-state index contributed by atoms with van der Waals surface area (Å²) in [6.45, 7) is 3.83. The van der Waals surface area contributed by atoms with Crippen LogP contribution in [0.25, 0.3) is 0 Å². The Morgan fingerprint density at radius 2 is 1.70 bits per heavy atom. The molecular weight excluding hydrogens is 314 g/mol. The molecule has 1 amide bonds. The summed E-state index contributed by atoms with van der Waals surface area (Å²) in [6, 6.07) is 13.2. The van der Waals surface area contributed by atoms with Crippen LogP contribution >= 0.6 is 0 Å². The van der Waals surface area contributed by atoms with Crippen molar-refractivity contribution in [3.8, 4) is 5.75 Å². The molecule has 0 spiro atoms. The molecule has 0 aliphatic rings. The Balaban J connectivity index is 2.36. The van der Waals surface area contributed by atoms with E-state index in [-0.39, 0.29) is 16.3 Å². The zero-order valence-corrected chi connectivity index (χ0v) is 13.9. The average Bonchev–Trinajstić information content (AvgIpc) is 2.56. The quantitative estimate of drug-likeness (QED) is 0.881. The van der Waals surface area contributed by atoms with E-state index in [0.717, 1.165) is 0 Å². The maximum Gasteiger partial charge on any atom is 0.259 e. The number of carbonyl (C=O) groups excluding carboxylic acids is 1. The van der Waals surface area contributed by atoms with Gasteiger partial charge >= 0.3 is 0 Å². The summed E-state index contributed by atoms with van der Waals surface area (Å²) < 4.78 is 29.7. The minimum atomic E-state index is -3.42. The molecule has 0 heterocycles. The lowest BCUT2D eigenvalue weighted by Gasteiger charge is -2.13. The summed E-state index contributed by atoms with van der Waals surface area (Å²) in [4.78, 5) is 12.6. The van der Waals surface area contributed by atoms with Gasteiger partial charge in [0.05, 0.1) is 28.5 Å². The summed E-state index contributed by atoms with van der Waals surface area (Å²) >= 11 is 0. The fourth-order valence-corrected chi connectivity index (χ4v) is 3.17. The Hall–Kier alpha value is -2.34. The molecule has 2 rings (SSSR count). The number of para-hydroxylation sites is 2. The van der Waals surface area contributed by atoms with Gasteiger partial charge in [0, 0.05) is 0 Å². The maximum absolute atomic E-state index is 12.5. The standard InChI is InChI=1S/C17H19NO4S/c1-3-22-15-11-7-5-9-13(15)17(19)18-14-10-6-8-12-16(14)23(20,21)4-2/h5-12H,3-4H2,1-2H3,(H,18,19). The molecule has 0 saturated heterocycles. The molecule has 0 radical (unpaired) electrons. The van der Waals surface area contributed by atoms with Crippen molar-refractivity contribution in [3.05, 3.63) is 54.1 Å². The van der Waals surface area contributed by atoms with E-state index >= 15 is 0 Å². The molecule has 0 fully saturated rings. The predicted octanol–water partition coefficient (Wildman–Crippen LogP) is 3.13. The van der Waals surface area contributed by atoms with Crippen molar-refractivity contribution in [3.63, 3.8) is 0 Å². The number of nitrogens with one attached hydrogen (secondary N) is 1. The van der Waals surface area contributed by atoms with Gasteiger partial charge < -0.3 is 10.1 Å². The summed E-state index contributed by atoms with van der Waals surface area (Å²) in [5.41, 5.74) is 0.628. The number of hydrogen-bond donors (Lipinski definition) is 1. The van der Waals surface area contributed by atoms with Gasteiger partial charge in [-0.1, -0.05) is 31.2 Å². The highest BCUT2D eigenvalue weighted by Crippen LogP contribution is 2.24. The molecule has 0 atom stereocenters. The van der Waals surface area contributed by atoms with Crippen molar-refractivity contribution in [2.24, 2.45) is 0 Å². The molecule has 23 heavy (non-hydrogen) atoms. The summed E-state index contributed by atoms with van der Waals surface area (Å²) in [5, 5.41) is 2.67. The van der Waals surface area contributed by atoms with E-state index in [1.165, 1.54) is 6.07 Å². The molecule has 122 valence electrons. The zero-order chi connectivity index (χ0) is 16.9.